The number of hydrogen-bond acceptors (Lipinski definition) is 3. The lowest BCUT2D eigenvalue weighted by atomic mass is 9.98. The van der Waals surface area contributed by atoms with Crippen LogP contribution in [-0.4, -0.2) is 21.1 Å². The molecule has 1 aliphatic carbocycles. The van der Waals surface area contributed by atoms with Crippen molar-refractivity contribution in [2.45, 2.75) is 50.7 Å². The quantitative estimate of drug-likeness (QED) is 0.842. The molecule has 4 heteroatoms. The topological polar surface area (TPSA) is 53.6 Å². The predicted octanol–water partition coefficient (Wildman–Crippen LogP) is 1.87. The minimum Gasteiger partial charge on any atom is -0.334 e. The van der Waals surface area contributed by atoms with Crippen molar-refractivity contribution in [2.24, 2.45) is 0 Å². The van der Waals surface area contributed by atoms with Crippen molar-refractivity contribution in [2.75, 3.05) is 0 Å². The molecule has 2 unspecified atom stereocenters. The first-order chi connectivity index (χ1) is 7.65. The summed E-state index contributed by atoms with van der Waals surface area (Å²) in [7, 11) is 0. The van der Waals surface area contributed by atoms with Crippen LogP contribution in [0.2, 0.25) is 0 Å². The van der Waals surface area contributed by atoms with Crippen molar-refractivity contribution < 1.29 is 0 Å². The Labute approximate surface area is 96.3 Å². The van der Waals surface area contributed by atoms with Crippen LogP contribution in [0.15, 0.2) is 18.7 Å². The molecule has 1 aromatic rings. The third-order valence-corrected chi connectivity index (χ3v) is 3.21. The average Bonchev–Trinajstić information content (AvgIpc) is 2.85. The molecule has 1 aromatic heterocycles. The standard InChI is InChI=1S/C12H18N4/c1-10(2)15-12(8-13)4-3-11(7-12)16-6-5-14-9-16/h5-6,9-11,15H,3-4,7H2,1-2H3. The zero-order valence-electron chi connectivity index (χ0n) is 9.85. The first kappa shape index (κ1) is 11.2. The van der Waals surface area contributed by atoms with Gasteiger partial charge in [0.2, 0.25) is 0 Å². The van der Waals surface area contributed by atoms with Gasteiger partial charge in [0, 0.05) is 24.5 Å². The van der Waals surface area contributed by atoms with E-state index in [0.29, 0.717) is 12.1 Å². The van der Waals surface area contributed by atoms with Crippen LogP contribution >= 0.6 is 0 Å². The summed E-state index contributed by atoms with van der Waals surface area (Å²) in [6.45, 7) is 4.17. The molecule has 1 heterocycles. The predicted molar refractivity (Wildman–Crippen MR) is 61.7 cm³/mol. The summed E-state index contributed by atoms with van der Waals surface area (Å²) in [6.07, 6.45) is 8.45. The van der Waals surface area contributed by atoms with Gasteiger partial charge in [-0.3, -0.25) is 5.32 Å². The molecule has 0 aromatic carbocycles. The van der Waals surface area contributed by atoms with Crippen LogP contribution in [0, 0.1) is 11.3 Å². The van der Waals surface area contributed by atoms with Crippen molar-refractivity contribution in [1.82, 2.24) is 14.9 Å². The molecule has 86 valence electrons. The molecule has 2 rings (SSSR count). The van der Waals surface area contributed by atoms with E-state index in [-0.39, 0.29) is 5.54 Å². The average molecular weight is 218 g/mol. The van der Waals surface area contributed by atoms with Gasteiger partial charge in [-0.1, -0.05) is 0 Å². The van der Waals surface area contributed by atoms with Gasteiger partial charge in [0.15, 0.2) is 0 Å². The zero-order chi connectivity index (χ0) is 11.6. The van der Waals surface area contributed by atoms with Gasteiger partial charge in [0.05, 0.1) is 12.4 Å². The lowest BCUT2D eigenvalue weighted by Crippen LogP contribution is -2.45. The summed E-state index contributed by atoms with van der Waals surface area (Å²) in [5.41, 5.74) is -0.344. The van der Waals surface area contributed by atoms with Gasteiger partial charge in [-0.05, 0) is 33.1 Å². The van der Waals surface area contributed by atoms with Gasteiger partial charge >= 0.3 is 0 Å². The second kappa shape index (κ2) is 4.26. The molecular weight excluding hydrogens is 200 g/mol. The Morgan fingerprint density at radius 2 is 2.44 bits per heavy atom. The molecule has 1 saturated carbocycles. The largest absolute Gasteiger partial charge is 0.334 e. The molecule has 0 amide bonds. The molecule has 4 nitrogen and oxygen atoms in total. The highest BCUT2D eigenvalue weighted by Gasteiger charge is 2.40. The maximum atomic E-state index is 9.34. The number of aromatic nitrogens is 2. The van der Waals surface area contributed by atoms with Crippen molar-refractivity contribution in [3.8, 4) is 6.07 Å². The first-order valence-electron chi connectivity index (χ1n) is 5.81. The Morgan fingerprint density at radius 1 is 1.62 bits per heavy atom. The van der Waals surface area contributed by atoms with Crippen LogP contribution in [0.25, 0.3) is 0 Å². The Kier molecular flexibility index (Phi) is 2.97. The number of rotatable bonds is 3. The fraction of sp³-hybridized carbons (Fsp3) is 0.667. The highest BCUT2D eigenvalue weighted by atomic mass is 15.1. The van der Waals surface area contributed by atoms with Gasteiger partial charge in [0.25, 0.3) is 0 Å². The summed E-state index contributed by atoms with van der Waals surface area (Å²) < 4.78 is 2.11. The summed E-state index contributed by atoms with van der Waals surface area (Å²) >= 11 is 0. The highest BCUT2D eigenvalue weighted by Crippen LogP contribution is 2.37. The lowest BCUT2D eigenvalue weighted by Gasteiger charge is -2.25. The van der Waals surface area contributed by atoms with Gasteiger partial charge in [-0.2, -0.15) is 5.26 Å². The molecule has 0 radical (unpaired) electrons. The second-order valence-corrected chi connectivity index (χ2v) is 4.90. The second-order valence-electron chi connectivity index (χ2n) is 4.90. The Hall–Kier alpha value is -1.34. The molecule has 0 aliphatic heterocycles. The maximum absolute atomic E-state index is 9.34. The van der Waals surface area contributed by atoms with Crippen LogP contribution < -0.4 is 5.32 Å². The maximum Gasteiger partial charge on any atom is 0.109 e. The van der Waals surface area contributed by atoms with Crippen LogP contribution in [-0.2, 0) is 0 Å². The van der Waals surface area contributed by atoms with E-state index in [4.69, 9.17) is 0 Å². The number of nitrogens with one attached hydrogen (secondary N) is 1. The van der Waals surface area contributed by atoms with E-state index in [0.717, 1.165) is 19.3 Å². The van der Waals surface area contributed by atoms with Crippen LogP contribution in [0.5, 0.6) is 0 Å². The third kappa shape index (κ3) is 2.10. The number of imidazole rings is 1. The van der Waals surface area contributed by atoms with E-state index in [1.54, 1.807) is 6.20 Å². The highest BCUT2D eigenvalue weighted by molar-refractivity contribution is 5.13. The molecule has 0 bridgehead atoms. The van der Waals surface area contributed by atoms with Gasteiger partial charge < -0.3 is 4.57 Å². The SMILES string of the molecule is CC(C)NC1(C#N)CCC(n2ccnc2)C1. The molecule has 1 N–H and O–H groups in total. The summed E-state index contributed by atoms with van der Waals surface area (Å²) in [5.74, 6) is 0. The van der Waals surface area contributed by atoms with Gasteiger partial charge in [0.1, 0.15) is 5.54 Å². The normalized spacial score (nSPS) is 29.5. The Bertz CT molecular complexity index is 376. The minimum atomic E-state index is -0.344. The van der Waals surface area contributed by atoms with E-state index < -0.39 is 0 Å². The van der Waals surface area contributed by atoms with Crippen molar-refractivity contribution in [1.29, 1.82) is 5.26 Å². The monoisotopic (exact) mass is 218 g/mol. The molecule has 0 spiro atoms. The van der Waals surface area contributed by atoms with Crippen LogP contribution in [0.3, 0.4) is 0 Å². The Balaban J connectivity index is 2.08. The summed E-state index contributed by atoms with van der Waals surface area (Å²) in [4.78, 5) is 4.06. The zero-order valence-corrected chi connectivity index (χ0v) is 9.85. The third-order valence-electron chi connectivity index (χ3n) is 3.21. The van der Waals surface area contributed by atoms with E-state index in [1.807, 2.05) is 12.5 Å². The van der Waals surface area contributed by atoms with E-state index in [1.165, 1.54) is 0 Å². The van der Waals surface area contributed by atoms with Crippen LogP contribution in [0.1, 0.15) is 39.2 Å². The molecule has 2 atom stereocenters. The van der Waals surface area contributed by atoms with Gasteiger partial charge in [-0.25, -0.2) is 4.98 Å². The first-order valence-corrected chi connectivity index (χ1v) is 5.81. The smallest absolute Gasteiger partial charge is 0.109 e. The fourth-order valence-corrected chi connectivity index (χ4v) is 2.58. The summed E-state index contributed by atoms with van der Waals surface area (Å²) in [6, 6.07) is 3.21. The van der Waals surface area contributed by atoms with E-state index >= 15 is 0 Å². The molecule has 1 fully saturated rings. The number of nitrogens with zero attached hydrogens (tertiary/aromatic N) is 3. The van der Waals surface area contributed by atoms with Crippen molar-refractivity contribution >= 4 is 0 Å². The fourth-order valence-electron chi connectivity index (χ4n) is 2.58. The molecule has 1 aliphatic rings. The van der Waals surface area contributed by atoms with Crippen molar-refractivity contribution in [3.05, 3.63) is 18.7 Å². The summed E-state index contributed by atoms with van der Waals surface area (Å²) in [5, 5.41) is 12.7. The number of nitriles is 1. The molecule has 16 heavy (non-hydrogen) atoms. The Morgan fingerprint density at radius 3 is 3.00 bits per heavy atom. The number of hydrogen-bond donors (Lipinski definition) is 1. The van der Waals surface area contributed by atoms with Crippen LogP contribution in [0.4, 0.5) is 0 Å². The lowest BCUT2D eigenvalue weighted by molar-refractivity contribution is 0.368. The van der Waals surface area contributed by atoms with E-state index in [2.05, 4.69) is 34.8 Å². The van der Waals surface area contributed by atoms with Crippen molar-refractivity contribution in [3.63, 3.8) is 0 Å². The molecular formula is C12H18N4. The minimum absolute atomic E-state index is 0.344. The van der Waals surface area contributed by atoms with E-state index in [9.17, 15) is 5.26 Å². The van der Waals surface area contributed by atoms with Gasteiger partial charge in [-0.15, -0.1) is 0 Å². The molecule has 0 saturated heterocycles.